The van der Waals surface area contributed by atoms with Crippen LogP contribution >= 0.6 is 0 Å². The molecule has 0 fully saturated rings. The number of Topliss-reactive ketones (excluding diaryl/α,β-unsaturated/α-hetero) is 1. The van der Waals surface area contributed by atoms with Gasteiger partial charge in [0, 0.05) is 5.56 Å². The normalized spacial score (nSPS) is 10.7. The topological polar surface area (TPSA) is 29.5 Å². The molecule has 0 amide bonds. The Hall–Kier alpha value is -1.35. The first kappa shape index (κ1) is 14.7. The van der Waals surface area contributed by atoms with Gasteiger partial charge in [-0.1, -0.05) is 13.8 Å². The highest BCUT2D eigenvalue weighted by Crippen LogP contribution is 2.19. The molecule has 0 saturated carbocycles. The quantitative estimate of drug-likeness (QED) is 0.696. The lowest BCUT2D eigenvalue weighted by atomic mass is 10.1. The molecule has 0 atom stereocenters. The molecule has 1 aromatic carbocycles. The molecule has 0 aliphatic heterocycles. The van der Waals surface area contributed by atoms with E-state index in [1.165, 1.54) is 0 Å². The van der Waals surface area contributed by atoms with E-state index in [0.29, 0.717) is 13.2 Å². The average molecular weight is 249 g/mol. The Morgan fingerprint density at radius 3 is 2.39 bits per heavy atom. The molecule has 1 rings (SSSR count). The second kappa shape index (κ2) is 7.17. The summed E-state index contributed by atoms with van der Waals surface area (Å²) < 4.78 is 5.47. The number of hydrogen-bond donors (Lipinski definition) is 0. The Balaban J connectivity index is 2.78. The molecule has 3 heteroatoms. The van der Waals surface area contributed by atoms with Crippen LogP contribution in [0.3, 0.4) is 0 Å². The lowest BCUT2D eigenvalue weighted by Crippen LogP contribution is -2.29. The van der Waals surface area contributed by atoms with Gasteiger partial charge in [0.05, 0.1) is 13.2 Å². The molecule has 100 valence electrons. The van der Waals surface area contributed by atoms with Crippen molar-refractivity contribution in [3.8, 4) is 5.75 Å². The fraction of sp³-hybridized carbons (Fsp3) is 0.533. The lowest BCUT2D eigenvalue weighted by Gasteiger charge is -2.17. The molecule has 3 nitrogen and oxygen atoms in total. The van der Waals surface area contributed by atoms with E-state index in [9.17, 15) is 4.79 Å². The van der Waals surface area contributed by atoms with Gasteiger partial charge < -0.3 is 4.74 Å². The molecule has 0 radical (unpaired) electrons. The molecular weight excluding hydrogens is 226 g/mol. The Morgan fingerprint density at radius 1 is 1.22 bits per heavy atom. The van der Waals surface area contributed by atoms with E-state index in [1.54, 1.807) is 0 Å². The third kappa shape index (κ3) is 3.84. The van der Waals surface area contributed by atoms with Gasteiger partial charge in [0.25, 0.3) is 0 Å². The summed E-state index contributed by atoms with van der Waals surface area (Å²) in [5.74, 6) is 1.03. The number of likely N-dealkylation sites (N-methyl/N-ethyl adjacent to an activating group) is 1. The number of carbonyl (C=O) groups is 1. The number of benzene rings is 1. The van der Waals surface area contributed by atoms with Crippen molar-refractivity contribution in [1.29, 1.82) is 0 Å². The Bertz CT molecular complexity index is 397. The fourth-order valence-electron chi connectivity index (χ4n) is 1.88. The van der Waals surface area contributed by atoms with Crippen LogP contribution in [0, 0.1) is 6.92 Å². The van der Waals surface area contributed by atoms with Crippen LogP contribution in [-0.2, 0) is 0 Å². The van der Waals surface area contributed by atoms with E-state index in [1.807, 2.05) is 32.0 Å². The minimum atomic E-state index is 0.171. The van der Waals surface area contributed by atoms with E-state index in [4.69, 9.17) is 4.74 Å². The third-order valence-corrected chi connectivity index (χ3v) is 3.06. The molecule has 0 N–H and O–H groups in total. The summed E-state index contributed by atoms with van der Waals surface area (Å²) in [6.45, 7) is 11.0. The Kier molecular flexibility index (Phi) is 5.86. The molecule has 0 heterocycles. The summed E-state index contributed by atoms with van der Waals surface area (Å²) in [5, 5.41) is 0. The Morgan fingerprint density at radius 2 is 1.89 bits per heavy atom. The van der Waals surface area contributed by atoms with Gasteiger partial charge >= 0.3 is 0 Å². The number of rotatable bonds is 7. The lowest BCUT2D eigenvalue weighted by molar-refractivity contribution is 0.0937. The van der Waals surface area contributed by atoms with E-state index in [2.05, 4.69) is 18.7 Å². The van der Waals surface area contributed by atoms with Gasteiger partial charge in [-0.2, -0.15) is 0 Å². The van der Waals surface area contributed by atoms with Crippen molar-refractivity contribution in [2.75, 3.05) is 26.2 Å². The van der Waals surface area contributed by atoms with Crippen LogP contribution in [0.15, 0.2) is 18.2 Å². The second-order valence-electron chi connectivity index (χ2n) is 4.30. The number of aryl methyl sites for hydroxylation is 1. The molecule has 0 aliphatic carbocycles. The van der Waals surface area contributed by atoms with Gasteiger partial charge in [0.2, 0.25) is 0 Å². The highest BCUT2D eigenvalue weighted by molar-refractivity contribution is 5.97. The van der Waals surface area contributed by atoms with Crippen molar-refractivity contribution in [2.24, 2.45) is 0 Å². The van der Waals surface area contributed by atoms with Crippen LogP contribution in [0.2, 0.25) is 0 Å². The maximum absolute atomic E-state index is 12.1. The monoisotopic (exact) mass is 249 g/mol. The maximum Gasteiger partial charge on any atom is 0.176 e. The van der Waals surface area contributed by atoms with E-state index >= 15 is 0 Å². The highest BCUT2D eigenvalue weighted by atomic mass is 16.5. The first-order valence-electron chi connectivity index (χ1n) is 6.61. The predicted molar refractivity (Wildman–Crippen MR) is 74.5 cm³/mol. The summed E-state index contributed by atoms with van der Waals surface area (Å²) >= 11 is 0. The first-order valence-corrected chi connectivity index (χ1v) is 6.61. The first-order chi connectivity index (χ1) is 8.62. The molecule has 18 heavy (non-hydrogen) atoms. The molecular formula is C15H23NO2. The van der Waals surface area contributed by atoms with Crippen molar-refractivity contribution in [1.82, 2.24) is 4.90 Å². The van der Waals surface area contributed by atoms with Crippen molar-refractivity contribution in [3.63, 3.8) is 0 Å². The van der Waals surface area contributed by atoms with E-state index in [0.717, 1.165) is 30.0 Å². The van der Waals surface area contributed by atoms with E-state index in [-0.39, 0.29) is 5.78 Å². The molecule has 0 spiro atoms. The zero-order valence-electron chi connectivity index (χ0n) is 11.8. The highest BCUT2D eigenvalue weighted by Gasteiger charge is 2.11. The minimum Gasteiger partial charge on any atom is -0.494 e. The third-order valence-electron chi connectivity index (χ3n) is 3.06. The summed E-state index contributed by atoms with van der Waals surface area (Å²) in [5.41, 5.74) is 1.78. The van der Waals surface area contributed by atoms with Crippen LogP contribution in [0.5, 0.6) is 5.75 Å². The molecule has 0 aromatic heterocycles. The van der Waals surface area contributed by atoms with Gasteiger partial charge in [0.1, 0.15) is 5.75 Å². The zero-order valence-corrected chi connectivity index (χ0v) is 11.8. The summed E-state index contributed by atoms with van der Waals surface area (Å²) in [6, 6.07) is 5.65. The van der Waals surface area contributed by atoms with Crippen LogP contribution in [-0.4, -0.2) is 36.9 Å². The number of hydrogen-bond acceptors (Lipinski definition) is 3. The van der Waals surface area contributed by atoms with E-state index < -0.39 is 0 Å². The largest absolute Gasteiger partial charge is 0.494 e. The predicted octanol–water partition coefficient (Wildman–Crippen LogP) is 2.92. The minimum absolute atomic E-state index is 0.171. The molecule has 0 aliphatic rings. The molecule has 1 aromatic rings. The van der Waals surface area contributed by atoms with Gasteiger partial charge in [-0.15, -0.1) is 0 Å². The standard InChI is InChI=1S/C15H23NO2/c1-5-16(6-2)11-14(17)13-8-9-15(18-7-3)12(4)10-13/h8-10H,5-7,11H2,1-4H3. The number of ether oxygens (including phenoxy) is 1. The molecule has 0 saturated heterocycles. The average Bonchev–Trinajstić information content (AvgIpc) is 2.38. The van der Waals surface area contributed by atoms with Crippen molar-refractivity contribution in [2.45, 2.75) is 27.7 Å². The van der Waals surface area contributed by atoms with Crippen molar-refractivity contribution in [3.05, 3.63) is 29.3 Å². The number of ketones is 1. The van der Waals surface area contributed by atoms with Gasteiger partial charge in [0.15, 0.2) is 5.78 Å². The fourth-order valence-corrected chi connectivity index (χ4v) is 1.88. The van der Waals surface area contributed by atoms with Crippen molar-refractivity contribution < 1.29 is 9.53 Å². The van der Waals surface area contributed by atoms with Crippen LogP contribution < -0.4 is 4.74 Å². The van der Waals surface area contributed by atoms with Gasteiger partial charge in [-0.25, -0.2) is 0 Å². The van der Waals surface area contributed by atoms with Crippen LogP contribution in [0.1, 0.15) is 36.7 Å². The second-order valence-corrected chi connectivity index (χ2v) is 4.30. The smallest absolute Gasteiger partial charge is 0.176 e. The summed E-state index contributed by atoms with van der Waals surface area (Å²) in [7, 11) is 0. The Labute approximate surface area is 110 Å². The van der Waals surface area contributed by atoms with Crippen molar-refractivity contribution >= 4 is 5.78 Å². The van der Waals surface area contributed by atoms with Crippen LogP contribution in [0.4, 0.5) is 0 Å². The van der Waals surface area contributed by atoms with Gasteiger partial charge in [-0.05, 0) is 50.7 Å². The number of nitrogens with zero attached hydrogens (tertiary/aromatic N) is 1. The SMILES string of the molecule is CCOc1ccc(C(=O)CN(CC)CC)cc1C. The number of carbonyl (C=O) groups excluding carboxylic acids is 1. The zero-order chi connectivity index (χ0) is 13.5. The molecule has 0 unspecified atom stereocenters. The van der Waals surface area contributed by atoms with Crippen LogP contribution in [0.25, 0.3) is 0 Å². The molecule has 0 bridgehead atoms. The maximum atomic E-state index is 12.1. The summed E-state index contributed by atoms with van der Waals surface area (Å²) in [4.78, 5) is 14.2. The van der Waals surface area contributed by atoms with Gasteiger partial charge in [-0.3, -0.25) is 9.69 Å². The summed E-state index contributed by atoms with van der Waals surface area (Å²) in [6.07, 6.45) is 0.